The van der Waals surface area contributed by atoms with Crippen molar-refractivity contribution in [3.05, 3.63) is 0 Å². The Kier molecular flexibility index (Phi) is 4.00. The van der Waals surface area contributed by atoms with Crippen LogP contribution in [0.1, 0.15) is 45.4 Å². The summed E-state index contributed by atoms with van der Waals surface area (Å²) < 4.78 is 17.2. The van der Waals surface area contributed by atoms with E-state index in [1.807, 2.05) is 0 Å². The van der Waals surface area contributed by atoms with Crippen LogP contribution in [0.2, 0.25) is 0 Å². The molecule has 2 atom stereocenters. The number of unbranched alkanes of at least 4 members (excludes halogenated alkanes) is 1. The standard InChI is InChI=1S/C12H22O3/c1-3-4-5-12-14-10-6-9(13-2)7-11(8-10)15-12/h9-12H,3-8H2,1-2H3. The van der Waals surface area contributed by atoms with Gasteiger partial charge in [0.2, 0.25) is 0 Å². The highest BCUT2D eigenvalue weighted by Crippen LogP contribution is 2.33. The second-order valence-electron chi connectivity index (χ2n) is 4.65. The minimum atomic E-state index is 0.0477. The van der Waals surface area contributed by atoms with Crippen LogP contribution in [0.15, 0.2) is 0 Å². The van der Waals surface area contributed by atoms with Crippen molar-refractivity contribution in [1.82, 2.24) is 0 Å². The minimum Gasteiger partial charge on any atom is -0.381 e. The van der Waals surface area contributed by atoms with Gasteiger partial charge in [-0.2, -0.15) is 0 Å². The zero-order chi connectivity index (χ0) is 10.7. The van der Waals surface area contributed by atoms with Crippen LogP contribution in [0, 0.1) is 0 Å². The Morgan fingerprint density at radius 1 is 1.13 bits per heavy atom. The molecule has 2 fully saturated rings. The molecule has 0 aromatic rings. The van der Waals surface area contributed by atoms with E-state index in [1.165, 1.54) is 12.8 Å². The van der Waals surface area contributed by atoms with Crippen molar-refractivity contribution < 1.29 is 14.2 Å². The first-order chi connectivity index (χ1) is 7.31. The van der Waals surface area contributed by atoms with E-state index in [0.29, 0.717) is 18.3 Å². The lowest BCUT2D eigenvalue weighted by atomic mass is 9.91. The highest BCUT2D eigenvalue weighted by atomic mass is 16.7. The van der Waals surface area contributed by atoms with Gasteiger partial charge in [-0.1, -0.05) is 13.3 Å². The first kappa shape index (κ1) is 11.4. The van der Waals surface area contributed by atoms with Gasteiger partial charge in [0.05, 0.1) is 18.3 Å². The molecule has 0 aromatic heterocycles. The third kappa shape index (κ3) is 2.92. The molecule has 0 radical (unpaired) electrons. The van der Waals surface area contributed by atoms with Gasteiger partial charge < -0.3 is 14.2 Å². The maximum Gasteiger partial charge on any atom is 0.158 e. The summed E-state index contributed by atoms with van der Waals surface area (Å²) in [6, 6.07) is 0. The smallest absolute Gasteiger partial charge is 0.158 e. The Hall–Kier alpha value is -0.120. The third-order valence-electron chi connectivity index (χ3n) is 3.39. The van der Waals surface area contributed by atoms with E-state index in [0.717, 1.165) is 25.7 Å². The molecule has 1 aliphatic heterocycles. The van der Waals surface area contributed by atoms with Gasteiger partial charge in [0.1, 0.15) is 0 Å². The molecule has 1 saturated heterocycles. The molecule has 1 heterocycles. The van der Waals surface area contributed by atoms with Gasteiger partial charge in [0.25, 0.3) is 0 Å². The van der Waals surface area contributed by atoms with Crippen molar-refractivity contribution >= 4 is 0 Å². The SMILES string of the molecule is CCCCC1OC2CC(OC)CC(C2)O1. The summed E-state index contributed by atoms with van der Waals surface area (Å²) in [7, 11) is 1.78. The highest BCUT2D eigenvalue weighted by molar-refractivity contribution is 4.84. The lowest BCUT2D eigenvalue weighted by Gasteiger charge is -2.42. The Labute approximate surface area is 92.1 Å². The van der Waals surface area contributed by atoms with E-state index in [4.69, 9.17) is 14.2 Å². The van der Waals surface area contributed by atoms with Gasteiger partial charge in [-0.25, -0.2) is 0 Å². The molecule has 0 aromatic carbocycles. The monoisotopic (exact) mass is 214 g/mol. The number of hydrogen-bond acceptors (Lipinski definition) is 3. The Morgan fingerprint density at radius 3 is 2.33 bits per heavy atom. The van der Waals surface area contributed by atoms with Crippen LogP contribution < -0.4 is 0 Å². The maximum atomic E-state index is 5.89. The minimum absolute atomic E-state index is 0.0477. The van der Waals surface area contributed by atoms with Crippen LogP contribution in [-0.2, 0) is 14.2 Å². The summed E-state index contributed by atoms with van der Waals surface area (Å²) in [6.45, 7) is 2.20. The van der Waals surface area contributed by atoms with Gasteiger partial charge in [-0.15, -0.1) is 0 Å². The van der Waals surface area contributed by atoms with Crippen LogP contribution in [-0.4, -0.2) is 31.7 Å². The average Bonchev–Trinajstić information content (AvgIpc) is 2.25. The fraction of sp³-hybridized carbons (Fsp3) is 1.00. The van der Waals surface area contributed by atoms with E-state index in [9.17, 15) is 0 Å². The molecule has 0 amide bonds. The number of fused-ring (bicyclic) bond motifs is 2. The predicted octanol–water partition coefficient (Wildman–Crippen LogP) is 2.49. The van der Waals surface area contributed by atoms with E-state index in [-0.39, 0.29) is 6.29 Å². The fourth-order valence-electron chi connectivity index (χ4n) is 2.55. The molecule has 1 aliphatic carbocycles. The molecule has 2 rings (SSSR count). The molecule has 2 bridgehead atoms. The molecule has 0 N–H and O–H groups in total. The lowest BCUT2D eigenvalue weighted by Crippen LogP contribution is -2.45. The normalized spacial score (nSPS) is 40.4. The van der Waals surface area contributed by atoms with Gasteiger partial charge in [0.15, 0.2) is 6.29 Å². The topological polar surface area (TPSA) is 27.7 Å². The van der Waals surface area contributed by atoms with Crippen LogP contribution >= 0.6 is 0 Å². The zero-order valence-electron chi connectivity index (χ0n) is 9.78. The molecule has 0 spiro atoms. The summed E-state index contributed by atoms with van der Waals surface area (Å²) in [5, 5.41) is 0. The molecule has 15 heavy (non-hydrogen) atoms. The van der Waals surface area contributed by atoms with Crippen LogP contribution in [0.5, 0.6) is 0 Å². The van der Waals surface area contributed by atoms with Crippen LogP contribution in [0.4, 0.5) is 0 Å². The molecule has 3 heteroatoms. The Morgan fingerprint density at radius 2 is 1.80 bits per heavy atom. The van der Waals surface area contributed by atoms with Crippen LogP contribution in [0.3, 0.4) is 0 Å². The first-order valence-electron chi connectivity index (χ1n) is 6.15. The summed E-state index contributed by atoms with van der Waals surface area (Å²) in [5.41, 5.74) is 0. The zero-order valence-corrected chi connectivity index (χ0v) is 9.78. The van der Waals surface area contributed by atoms with Gasteiger partial charge in [0, 0.05) is 26.4 Å². The van der Waals surface area contributed by atoms with Crippen molar-refractivity contribution in [1.29, 1.82) is 0 Å². The van der Waals surface area contributed by atoms with E-state index >= 15 is 0 Å². The Balaban J connectivity index is 1.82. The summed E-state index contributed by atoms with van der Waals surface area (Å²) in [4.78, 5) is 0. The molecular formula is C12H22O3. The molecular weight excluding hydrogens is 192 g/mol. The highest BCUT2D eigenvalue weighted by Gasteiger charge is 2.37. The van der Waals surface area contributed by atoms with Crippen molar-refractivity contribution in [2.45, 2.75) is 70.1 Å². The largest absolute Gasteiger partial charge is 0.381 e. The van der Waals surface area contributed by atoms with Crippen molar-refractivity contribution in [2.24, 2.45) is 0 Å². The van der Waals surface area contributed by atoms with Gasteiger partial charge >= 0.3 is 0 Å². The summed E-state index contributed by atoms with van der Waals surface area (Å²) >= 11 is 0. The number of ether oxygens (including phenoxy) is 3. The van der Waals surface area contributed by atoms with Gasteiger partial charge in [-0.3, -0.25) is 0 Å². The predicted molar refractivity (Wildman–Crippen MR) is 57.7 cm³/mol. The maximum absolute atomic E-state index is 5.89. The van der Waals surface area contributed by atoms with E-state index < -0.39 is 0 Å². The average molecular weight is 214 g/mol. The van der Waals surface area contributed by atoms with Crippen LogP contribution in [0.25, 0.3) is 0 Å². The Bertz CT molecular complexity index is 181. The van der Waals surface area contributed by atoms with E-state index in [2.05, 4.69) is 6.92 Å². The second-order valence-corrected chi connectivity index (χ2v) is 4.65. The molecule has 88 valence electrons. The van der Waals surface area contributed by atoms with Crippen molar-refractivity contribution in [3.8, 4) is 0 Å². The molecule has 3 nitrogen and oxygen atoms in total. The molecule has 2 unspecified atom stereocenters. The third-order valence-corrected chi connectivity index (χ3v) is 3.39. The molecule has 1 saturated carbocycles. The lowest BCUT2D eigenvalue weighted by molar-refractivity contribution is -0.270. The summed E-state index contributed by atoms with van der Waals surface area (Å²) in [6.07, 6.45) is 7.69. The van der Waals surface area contributed by atoms with Gasteiger partial charge in [-0.05, 0) is 12.8 Å². The summed E-state index contributed by atoms with van der Waals surface area (Å²) in [5.74, 6) is 0. The molecule has 2 aliphatic rings. The fourth-order valence-corrected chi connectivity index (χ4v) is 2.55. The van der Waals surface area contributed by atoms with Crippen molar-refractivity contribution in [3.63, 3.8) is 0 Å². The second kappa shape index (κ2) is 5.28. The quantitative estimate of drug-likeness (QED) is 0.719. The first-order valence-corrected chi connectivity index (χ1v) is 6.15. The number of rotatable bonds is 4. The van der Waals surface area contributed by atoms with E-state index in [1.54, 1.807) is 7.11 Å². The number of hydrogen-bond donors (Lipinski definition) is 0. The number of methoxy groups -OCH3 is 1. The van der Waals surface area contributed by atoms with Crippen molar-refractivity contribution in [2.75, 3.05) is 7.11 Å².